The van der Waals surface area contributed by atoms with Crippen molar-refractivity contribution in [2.45, 2.75) is 32.3 Å². The highest BCUT2D eigenvalue weighted by Crippen LogP contribution is 2.17. The monoisotopic (exact) mass is 368 g/mol. The van der Waals surface area contributed by atoms with Gasteiger partial charge in [0.15, 0.2) is 0 Å². The van der Waals surface area contributed by atoms with Gasteiger partial charge in [0.1, 0.15) is 0 Å². The highest BCUT2D eigenvalue weighted by atomic mass is 32.2. The Morgan fingerprint density at radius 3 is 2.80 bits per heavy atom. The van der Waals surface area contributed by atoms with Crippen LogP contribution in [0.5, 0.6) is 0 Å². The lowest BCUT2D eigenvalue weighted by molar-refractivity contribution is -0.121. The maximum atomic E-state index is 11.9. The third kappa shape index (κ3) is 7.54. The molecule has 140 valence electrons. The highest BCUT2D eigenvalue weighted by molar-refractivity contribution is 7.88. The minimum Gasteiger partial charge on any atom is -0.377 e. The zero-order chi connectivity index (χ0) is 18.1. The van der Waals surface area contributed by atoms with Crippen molar-refractivity contribution < 1.29 is 17.9 Å². The normalized spacial score (nSPS) is 18.8. The Morgan fingerprint density at radius 1 is 1.32 bits per heavy atom. The average molecular weight is 368 g/mol. The smallest absolute Gasteiger partial charge is 0.220 e. The van der Waals surface area contributed by atoms with Crippen LogP contribution in [0.1, 0.15) is 31.2 Å². The van der Waals surface area contributed by atoms with E-state index < -0.39 is 10.0 Å². The van der Waals surface area contributed by atoms with Crippen molar-refractivity contribution in [2.24, 2.45) is 5.92 Å². The molecule has 0 unspecified atom stereocenters. The van der Waals surface area contributed by atoms with Crippen molar-refractivity contribution in [2.75, 3.05) is 32.5 Å². The standard InChI is InChI=1S/C18H28N2O4S/c1-25(22,23)20-11-5-9-17(14-20)13-19-18(21)10-6-12-24-15-16-7-3-2-4-8-16/h2-4,7-8,17H,5-6,9-15H2,1H3,(H,19,21)/t17-/m0/s1. The van der Waals surface area contributed by atoms with E-state index in [1.165, 1.54) is 10.6 Å². The third-order valence-corrected chi connectivity index (χ3v) is 5.61. The summed E-state index contributed by atoms with van der Waals surface area (Å²) < 4.78 is 30.3. The van der Waals surface area contributed by atoms with E-state index in [2.05, 4.69) is 5.32 Å². The van der Waals surface area contributed by atoms with Gasteiger partial charge in [-0.05, 0) is 30.7 Å². The zero-order valence-corrected chi connectivity index (χ0v) is 15.6. The quantitative estimate of drug-likeness (QED) is 0.674. The number of piperidine rings is 1. The molecule has 1 heterocycles. The molecule has 7 heteroatoms. The zero-order valence-electron chi connectivity index (χ0n) is 14.8. The Kier molecular flexibility index (Phi) is 7.87. The number of carbonyl (C=O) groups is 1. The van der Waals surface area contributed by atoms with E-state index in [0.29, 0.717) is 45.7 Å². The van der Waals surface area contributed by atoms with Crippen LogP contribution in [0.15, 0.2) is 30.3 Å². The number of ether oxygens (including phenoxy) is 1. The summed E-state index contributed by atoms with van der Waals surface area (Å²) in [6, 6.07) is 9.94. The molecule has 25 heavy (non-hydrogen) atoms. The molecule has 0 radical (unpaired) electrons. The van der Waals surface area contributed by atoms with Crippen LogP contribution in [0.25, 0.3) is 0 Å². The fourth-order valence-corrected chi connectivity index (χ4v) is 3.88. The molecule has 2 rings (SSSR count). The number of hydrogen-bond donors (Lipinski definition) is 1. The van der Waals surface area contributed by atoms with Gasteiger partial charge < -0.3 is 10.1 Å². The van der Waals surface area contributed by atoms with Crippen molar-refractivity contribution in [3.8, 4) is 0 Å². The molecule has 0 aliphatic carbocycles. The van der Waals surface area contributed by atoms with Gasteiger partial charge >= 0.3 is 0 Å². The van der Waals surface area contributed by atoms with Gasteiger partial charge in [0.25, 0.3) is 0 Å². The molecule has 1 amide bonds. The van der Waals surface area contributed by atoms with Crippen LogP contribution in [-0.2, 0) is 26.2 Å². The van der Waals surface area contributed by atoms with Crippen LogP contribution >= 0.6 is 0 Å². The van der Waals surface area contributed by atoms with Crippen LogP contribution in [0.4, 0.5) is 0 Å². The van der Waals surface area contributed by atoms with Crippen molar-refractivity contribution >= 4 is 15.9 Å². The second-order valence-electron chi connectivity index (χ2n) is 6.58. The number of rotatable bonds is 9. The minimum atomic E-state index is -3.14. The van der Waals surface area contributed by atoms with Crippen molar-refractivity contribution in [1.29, 1.82) is 0 Å². The highest BCUT2D eigenvalue weighted by Gasteiger charge is 2.25. The summed E-state index contributed by atoms with van der Waals surface area (Å²) in [5.41, 5.74) is 1.12. The van der Waals surface area contributed by atoms with Crippen LogP contribution in [0, 0.1) is 5.92 Å². The molecule has 1 aromatic rings. The van der Waals surface area contributed by atoms with Gasteiger partial charge in [-0.1, -0.05) is 30.3 Å². The lowest BCUT2D eigenvalue weighted by atomic mass is 10.00. The number of hydrogen-bond acceptors (Lipinski definition) is 4. The second kappa shape index (κ2) is 9.89. The van der Waals surface area contributed by atoms with Gasteiger partial charge in [-0.3, -0.25) is 4.79 Å². The second-order valence-corrected chi connectivity index (χ2v) is 8.56. The molecular weight excluding hydrogens is 340 g/mol. The van der Waals surface area contributed by atoms with Crippen molar-refractivity contribution in [3.05, 3.63) is 35.9 Å². The molecule has 1 saturated heterocycles. The van der Waals surface area contributed by atoms with E-state index >= 15 is 0 Å². The Labute approximate surface area is 150 Å². The molecule has 0 aromatic heterocycles. The summed E-state index contributed by atoms with van der Waals surface area (Å²) in [7, 11) is -3.14. The van der Waals surface area contributed by atoms with Crippen LogP contribution in [0.2, 0.25) is 0 Å². The van der Waals surface area contributed by atoms with Crippen molar-refractivity contribution in [1.82, 2.24) is 9.62 Å². The third-order valence-electron chi connectivity index (χ3n) is 4.34. The predicted octanol–water partition coefficient (Wildman–Crippen LogP) is 1.77. The number of nitrogens with one attached hydrogen (secondary N) is 1. The molecular formula is C18H28N2O4S. The average Bonchev–Trinajstić information content (AvgIpc) is 2.60. The van der Waals surface area contributed by atoms with E-state index in [4.69, 9.17) is 4.74 Å². The lowest BCUT2D eigenvalue weighted by Gasteiger charge is -2.30. The molecule has 6 nitrogen and oxygen atoms in total. The molecule has 1 fully saturated rings. The first-order valence-electron chi connectivity index (χ1n) is 8.78. The maximum absolute atomic E-state index is 11.9. The van der Waals surface area contributed by atoms with Gasteiger partial charge in [0.05, 0.1) is 12.9 Å². The van der Waals surface area contributed by atoms with E-state index in [1.54, 1.807) is 0 Å². The fourth-order valence-electron chi connectivity index (χ4n) is 2.94. The van der Waals surface area contributed by atoms with Crippen LogP contribution < -0.4 is 5.32 Å². The van der Waals surface area contributed by atoms with Crippen molar-refractivity contribution in [3.63, 3.8) is 0 Å². The summed E-state index contributed by atoms with van der Waals surface area (Å²) in [6.07, 6.45) is 4.15. The number of carbonyl (C=O) groups excluding carboxylic acids is 1. The van der Waals surface area contributed by atoms with Gasteiger partial charge in [0, 0.05) is 32.7 Å². The van der Waals surface area contributed by atoms with Crippen LogP contribution in [0.3, 0.4) is 0 Å². The Hall–Kier alpha value is -1.44. The fraction of sp³-hybridized carbons (Fsp3) is 0.611. The Balaban J connectivity index is 1.56. The first kappa shape index (κ1) is 19.9. The van der Waals surface area contributed by atoms with Gasteiger partial charge in [0.2, 0.25) is 15.9 Å². The molecule has 1 aromatic carbocycles. The minimum absolute atomic E-state index is 0.000194. The number of sulfonamides is 1. The number of benzene rings is 1. The molecule has 1 atom stereocenters. The Bertz CT molecular complexity index is 634. The van der Waals surface area contributed by atoms with Crippen LogP contribution in [-0.4, -0.2) is 51.1 Å². The SMILES string of the molecule is CS(=O)(=O)N1CCC[C@@H](CNC(=O)CCCOCc2ccccc2)C1. The molecule has 0 saturated carbocycles. The predicted molar refractivity (Wildman–Crippen MR) is 97.5 cm³/mol. The van der Waals surface area contributed by atoms with E-state index in [0.717, 1.165) is 18.4 Å². The van der Waals surface area contributed by atoms with E-state index in [1.807, 2.05) is 30.3 Å². The summed E-state index contributed by atoms with van der Waals surface area (Å²) in [5, 5.41) is 2.92. The summed E-state index contributed by atoms with van der Waals surface area (Å²) in [5.74, 6) is 0.196. The first-order valence-corrected chi connectivity index (χ1v) is 10.6. The number of amides is 1. The van der Waals surface area contributed by atoms with E-state index in [9.17, 15) is 13.2 Å². The molecule has 0 spiro atoms. The molecule has 1 N–H and O–H groups in total. The van der Waals surface area contributed by atoms with Gasteiger partial charge in [-0.25, -0.2) is 12.7 Å². The molecule has 0 bridgehead atoms. The van der Waals surface area contributed by atoms with E-state index in [-0.39, 0.29) is 11.8 Å². The Morgan fingerprint density at radius 2 is 2.08 bits per heavy atom. The largest absolute Gasteiger partial charge is 0.377 e. The number of nitrogens with zero attached hydrogens (tertiary/aromatic N) is 1. The summed E-state index contributed by atoms with van der Waals surface area (Å²) in [4.78, 5) is 11.9. The molecule has 1 aliphatic rings. The van der Waals surface area contributed by atoms with Gasteiger partial charge in [-0.2, -0.15) is 0 Å². The maximum Gasteiger partial charge on any atom is 0.220 e. The first-order chi connectivity index (χ1) is 11.9. The summed E-state index contributed by atoms with van der Waals surface area (Å²) in [6.45, 7) is 2.73. The van der Waals surface area contributed by atoms with Gasteiger partial charge in [-0.15, -0.1) is 0 Å². The molecule has 1 aliphatic heterocycles. The lowest BCUT2D eigenvalue weighted by Crippen LogP contribution is -2.43. The topological polar surface area (TPSA) is 75.7 Å². The summed E-state index contributed by atoms with van der Waals surface area (Å²) >= 11 is 0.